The minimum atomic E-state index is 0.107. The van der Waals surface area contributed by atoms with Gasteiger partial charge in [0.05, 0.1) is 5.60 Å². The highest BCUT2D eigenvalue weighted by molar-refractivity contribution is 4.96. The second-order valence-electron chi connectivity index (χ2n) is 5.07. The molecule has 1 aliphatic rings. The fourth-order valence-corrected chi connectivity index (χ4v) is 3.19. The minimum Gasteiger partial charge on any atom is -0.374 e. The number of likely N-dealkylation sites (N-methyl/N-ethyl adjacent to an activating group) is 1. The van der Waals surface area contributed by atoms with Crippen molar-refractivity contribution in [3.8, 4) is 0 Å². The maximum absolute atomic E-state index is 6.12. The maximum atomic E-state index is 6.12. The molecule has 0 bridgehead atoms. The quantitative estimate of drug-likeness (QED) is 0.758. The van der Waals surface area contributed by atoms with Crippen LogP contribution >= 0.6 is 0 Å². The van der Waals surface area contributed by atoms with Crippen molar-refractivity contribution in [2.24, 2.45) is 5.92 Å². The normalized spacial score (nSPS) is 23.0. The van der Waals surface area contributed by atoms with Gasteiger partial charge < -0.3 is 10.1 Å². The Bertz CT molecular complexity index is 168. The van der Waals surface area contributed by atoms with Gasteiger partial charge in [0.25, 0.3) is 0 Å². The smallest absolute Gasteiger partial charge is 0.0836 e. The first-order valence-electron chi connectivity index (χ1n) is 6.47. The molecular formula is C13H27NO. The Kier molecular flexibility index (Phi) is 5.07. The second kappa shape index (κ2) is 5.86. The molecule has 1 saturated carbocycles. The summed E-state index contributed by atoms with van der Waals surface area (Å²) in [6.45, 7) is 7.53. The van der Waals surface area contributed by atoms with Crippen molar-refractivity contribution in [1.82, 2.24) is 5.32 Å². The molecule has 15 heavy (non-hydrogen) atoms. The van der Waals surface area contributed by atoms with Crippen molar-refractivity contribution in [3.05, 3.63) is 0 Å². The van der Waals surface area contributed by atoms with Crippen molar-refractivity contribution >= 4 is 0 Å². The number of hydrogen-bond acceptors (Lipinski definition) is 2. The molecule has 0 aromatic carbocycles. The van der Waals surface area contributed by atoms with Crippen LogP contribution in [0.1, 0.15) is 52.9 Å². The molecule has 2 heteroatoms. The molecule has 0 spiro atoms. The summed E-state index contributed by atoms with van der Waals surface area (Å²) in [6.07, 6.45) is 6.48. The lowest BCUT2D eigenvalue weighted by Crippen LogP contribution is -2.55. The fraction of sp³-hybridized carbons (Fsp3) is 1.00. The van der Waals surface area contributed by atoms with Crippen LogP contribution in [0.15, 0.2) is 0 Å². The molecule has 90 valence electrons. The van der Waals surface area contributed by atoms with E-state index in [1.807, 2.05) is 0 Å². The van der Waals surface area contributed by atoms with Crippen molar-refractivity contribution in [1.29, 1.82) is 0 Å². The van der Waals surface area contributed by atoms with Gasteiger partial charge in [0.15, 0.2) is 0 Å². The summed E-state index contributed by atoms with van der Waals surface area (Å²) >= 11 is 0. The summed E-state index contributed by atoms with van der Waals surface area (Å²) in [5.41, 5.74) is 0.107. The Labute approximate surface area is 94.8 Å². The molecule has 1 aliphatic carbocycles. The van der Waals surface area contributed by atoms with Gasteiger partial charge in [-0.1, -0.05) is 33.1 Å². The van der Waals surface area contributed by atoms with Gasteiger partial charge >= 0.3 is 0 Å². The zero-order valence-corrected chi connectivity index (χ0v) is 10.8. The Hall–Kier alpha value is -0.0800. The van der Waals surface area contributed by atoms with Crippen LogP contribution < -0.4 is 5.32 Å². The summed E-state index contributed by atoms with van der Waals surface area (Å²) in [5, 5.41) is 3.47. The van der Waals surface area contributed by atoms with E-state index in [2.05, 4.69) is 33.1 Å². The van der Waals surface area contributed by atoms with E-state index in [0.717, 1.165) is 6.61 Å². The van der Waals surface area contributed by atoms with Crippen molar-refractivity contribution in [3.63, 3.8) is 0 Å². The van der Waals surface area contributed by atoms with E-state index in [1.165, 1.54) is 32.1 Å². The monoisotopic (exact) mass is 213 g/mol. The Morgan fingerprint density at radius 3 is 2.20 bits per heavy atom. The van der Waals surface area contributed by atoms with Crippen LogP contribution in [0.3, 0.4) is 0 Å². The highest BCUT2D eigenvalue weighted by Crippen LogP contribution is 2.36. The highest BCUT2D eigenvalue weighted by atomic mass is 16.5. The number of ether oxygens (including phenoxy) is 1. The molecule has 0 saturated heterocycles. The largest absolute Gasteiger partial charge is 0.374 e. The lowest BCUT2D eigenvalue weighted by atomic mass is 9.75. The Morgan fingerprint density at radius 2 is 1.80 bits per heavy atom. The topological polar surface area (TPSA) is 21.3 Å². The third-order valence-electron chi connectivity index (χ3n) is 3.68. The summed E-state index contributed by atoms with van der Waals surface area (Å²) in [6, 6.07) is 0.498. The minimum absolute atomic E-state index is 0.107. The van der Waals surface area contributed by atoms with Gasteiger partial charge in [0.1, 0.15) is 0 Å². The van der Waals surface area contributed by atoms with Crippen LogP contribution in [0.4, 0.5) is 0 Å². The van der Waals surface area contributed by atoms with Crippen LogP contribution in [0.5, 0.6) is 0 Å². The summed E-state index contributed by atoms with van der Waals surface area (Å²) in [7, 11) is 2.07. The van der Waals surface area contributed by atoms with Crippen LogP contribution in [-0.4, -0.2) is 25.3 Å². The third kappa shape index (κ3) is 2.94. The van der Waals surface area contributed by atoms with Crippen LogP contribution in [0.25, 0.3) is 0 Å². The standard InChI is InChI=1S/C13H27NO/c1-5-15-13(9-7-6-8-10-13)12(14-4)11(2)3/h11-12,14H,5-10H2,1-4H3. The molecule has 0 radical (unpaired) electrons. The molecule has 0 amide bonds. The third-order valence-corrected chi connectivity index (χ3v) is 3.68. The van der Waals surface area contributed by atoms with Gasteiger partial charge in [-0.05, 0) is 32.7 Å². The van der Waals surface area contributed by atoms with Gasteiger partial charge in [-0.2, -0.15) is 0 Å². The fourth-order valence-electron chi connectivity index (χ4n) is 3.19. The van der Waals surface area contributed by atoms with Crippen molar-refractivity contribution < 1.29 is 4.74 Å². The maximum Gasteiger partial charge on any atom is 0.0836 e. The van der Waals surface area contributed by atoms with Gasteiger partial charge in [-0.3, -0.25) is 0 Å². The average Bonchev–Trinajstić information content (AvgIpc) is 2.19. The molecule has 0 aliphatic heterocycles. The van der Waals surface area contributed by atoms with Gasteiger partial charge in [-0.25, -0.2) is 0 Å². The Balaban J connectivity index is 2.76. The van der Waals surface area contributed by atoms with Gasteiger partial charge in [0.2, 0.25) is 0 Å². The predicted octanol–water partition coefficient (Wildman–Crippen LogP) is 2.97. The molecule has 1 unspecified atom stereocenters. The first-order chi connectivity index (χ1) is 7.16. The van der Waals surface area contributed by atoms with Crippen molar-refractivity contribution in [2.75, 3.05) is 13.7 Å². The van der Waals surface area contributed by atoms with Crippen LogP contribution in [-0.2, 0) is 4.74 Å². The summed E-state index contributed by atoms with van der Waals surface area (Å²) in [5.74, 6) is 0.639. The van der Waals surface area contributed by atoms with E-state index in [9.17, 15) is 0 Å². The van der Waals surface area contributed by atoms with E-state index in [1.54, 1.807) is 0 Å². The van der Waals surface area contributed by atoms with E-state index >= 15 is 0 Å². The summed E-state index contributed by atoms with van der Waals surface area (Å²) in [4.78, 5) is 0. The Morgan fingerprint density at radius 1 is 1.20 bits per heavy atom. The molecule has 0 aromatic rings. The van der Waals surface area contributed by atoms with Crippen LogP contribution in [0, 0.1) is 5.92 Å². The summed E-state index contributed by atoms with van der Waals surface area (Å²) < 4.78 is 6.12. The van der Waals surface area contributed by atoms with E-state index in [-0.39, 0.29) is 5.60 Å². The van der Waals surface area contributed by atoms with Crippen LogP contribution in [0.2, 0.25) is 0 Å². The molecule has 1 N–H and O–H groups in total. The molecule has 1 atom stereocenters. The second-order valence-corrected chi connectivity index (χ2v) is 5.07. The lowest BCUT2D eigenvalue weighted by Gasteiger charge is -2.45. The number of hydrogen-bond donors (Lipinski definition) is 1. The van der Waals surface area contributed by atoms with E-state index < -0.39 is 0 Å². The molecular weight excluding hydrogens is 186 g/mol. The SMILES string of the molecule is CCOC1(C(NC)C(C)C)CCCCC1. The zero-order chi connectivity index (χ0) is 11.3. The zero-order valence-electron chi connectivity index (χ0n) is 10.8. The highest BCUT2D eigenvalue weighted by Gasteiger charge is 2.41. The number of rotatable bonds is 5. The molecule has 1 rings (SSSR count). The molecule has 0 heterocycles. The first kappa shape index (κ1) is 13.0. The van der Waals surface area contributed by atoms with Gasteiger partial charge in [0, 0.05) is 12.6 Å². The number of nitrogens with one attached hydrogen (secondary N) is 1. The first-order valence-corrected chi connectivity index (χ1v) is 6.47. The molecule has 0 aromatic heterocycles. The molecule has 1 fully saturated rings. The van der Waals surface area contributed by atoms with E-state index in [4.69, 9.17) is 4.74 Å². The predicted molar refractivity (Wildman–Crippen MR) is 65.1 cm³/mol. The molecule has 2 nitrogen and oxygen atoms in total. The average molecular weight is 213 g/mol. The van der Waals surface area contributed by atoms with Gasteiger partial charge in [-0.15, -0.1) is 0 Å². The lowest BCUT2D eigenvalue weighted by molar-refractivity contribution is -0.0978. The van der Waals surface area contributed by atoms with E-state index in [0.29, 0.717) is 12.0 Å². The van der Waals surface area contributed by atoms with Crippen molar-refractivity contribution in [2.45, 2.75) is 64.5 Å².